The third-order valence-corrected chi connectivity index (χ3v) is 5.14. The molecule has 1 aromatic heterocycles. The van der Waals surface area contributed by atoms with E-state index in [0.717, 1.165) is 0 Å². The highest BCUT2D eigenvalue weighted by Gasteiger charge is 2.19. The van der Waals surface area contributed by atoms with Gasteiger partial charge in [-0.25, -0.2) is 9.78 Å². The molecule has 0 aliphatic heterocycles. The number of amides is 1. The van der Waals surface area contributed by atoms with Gasteiger partial charge in [-0.05, 0) is 55.5 Å². The maximum atomic E-state index is 12.6. The van der Waals surface area contributed by atoms with Crippen LogP contribution in [-0.2, 0) is 16.0 Å². The normalized spacial score (nSPS) is 11.5. The maximum Gasteiger partial charge on any atom is 0.338 e. The second-order valence-electron chi connectivity index (χ2n) is 7.34. The zero-order valence-electron chi connectivity index (χ0n) is 17.8. The molecule has 1 amide bonds. The van der Waals surface area contributed by atoms with Gasteiger partial charge in [0.2, 0.25) is 5.91 Å². The number of halogens is 2. The number of esters is 1. The van der Waals surface area contributed by atoms with Crippen LogP contribution in [0.2, 0.25) is 10.0 Å². The molecule has 7 nitrogen and oxygen atoms in total. The lowest BCUT2D eigenvalue weighted by Crippen LogP contribution is -2.40. The van der Waals surface area contributed by atoms with E-state index in [2.05, 4.69) is 16.9 Å². The predicted molar refractivity (Wildman–Crippen MR) is 126 cm³/mol. The smallest absolute Gasteiger partial charge is 0.338 e. The molecule has 0 unspecified atom stereocenters. The Kier molecular flexibility index (Phi) is 8.03. The lowest BCUT2D eigenvalue weighted by atomic mass is 10.1. The van der Waals surface area contributed by atoms with Gasteiger partial charge in [-0.3, -0.25) is 14.2 Å². The molecule has 170 valence electrons. The van der Waals surface area contributed by atoms with Crippen LogP contribution in [0.15, 0.2) is 73.2 Å². The molecule has 1 heterocycles. The zero-order valence-corrected chi connectivity index (χ0v) is 19.3. The zero-order chi connectivity index (χ0) is 24.0. The molecule has 0 spiro atoms. The first-order chi connectivity index (χ1) is 15.7. The summed E-state index contributed by atoms with van der Waals surface area (Å²) in [5.74, 6) is -1.20. The van der Waals surface area contributed by atoms with Crippen molar-refractivity contribution in [2.75, 3.05) is 6.61 Å². The Labute approximate surface area is 201 Å². The predicted octanol–water partition coefficient (Wildman–Crippen LogP) is 4.34. The van der Waals surface area contributed by atoms with Gasteiger partial charge in [0.25, 0.3) is 5.91 Å². The van der Waals surface area contributed by atoms with Gasteiger partial charge < -0.3 is 10.1 Å². The van der Waals surface area contributed by atoms with E-state index in [1.165, 1.54) is 10.9 Å². The second kappa shape index (κ2) is 10.9. The number of aromatic nitrogens is 2. The number of nitrogens with one attached hydrogen (secondary N) is 1. The first kappa shape index (κ1) is 24.2. The average Bonchev–Trinajstić information content (AvgIpc) is 3.26. The third-order valence-electron chi connectivity index (χ3n) is 4.64. The number of imidazole rings is 1. The van der Waals surface area contributed by atoms with Crippen molar-refractivity contribution in [3.63, 3.8) is 0 Å². The Hall–Kier alpha value is -3.42. The molecular formula is C24H21Cl2N3O4. The minimum atomic E-state index is -0.584. The van der Waals surface area contributed by atoms with Crippen molar-refractivity contribution in [3.8, 4) is 0 Å². The number of hydrogen-bond donors (Lipinski definition) is 1. The van der Waals surface area contributed by atoms with E-state index in [1.807, 2.05) is 0 Å². The fourth-order valence-corrected chi connectivity index (χ4v) is 3.13. The number of benzene rings is 2. The fourth-order valence-electron chi connectivity index (χ4n) is 2.88. The lowest BCUT2D eigenvalue weighted by Gasteiger charge is -2.18. The van der Waals surface area contributed by atoms with Gasteiger partial charge in [0.1, 0.15) is 12.9 Å². The Balaban J connectivity index is 1.69. The fraction of sp³-hybridized carbons (Fsp3) is 0.167. The molecule has 0 radical (unpaired) electrons. The maximum absolute atomic E-state index is 12.6. The Bertz CT molecular complexity index is 1170. The standard InChI is InChI=1S/C24H21Cl2N3O4/c1-15(2)22(30)28-21(13-33-24(32)17-5-9-19(26)10-6-17)11-20-12-29(14-27-20)23(31)16-3-7-18(25)8-4-16/h3-10,12,14,21H,1,11,13H2,2H3,(H,28,30)/t21-/m0/s1. The van der Waals surface area contributed by atoms with Crippen LogP contribution in [0.25, 0.3) is 0 Å². The van der Waals surface area contributed by atoms with Crippen LogP contribution in [0.3, 0.4) is 0 Å². The van der Waals surface area contributed by atoms with E-state index in [4.69, 9.17) is 27.9 Å². The molecule has 1 N–H and O–H groups in total. The van der Waals surface area contributed by atoms with Crippen molar-refractivity contribution in [2.24, 2.45) is 0 Å². The van der Waals surface area contributed by atoms with Crippen molar-refractivity contribution in [1.29, 1.82) is 0 Å². The Morgan fingerprint density at radius 1 is 1.03 bits per heavy atom. The molecule has 0 saturated heterocycles. The molecule has 3 rings (SSSR count). The first-order valence-electron chi connectivity index (χ1n) is 9.95. The second-order valence-corrected chi connectivity index (χ2v) is 8.22. The summed E-state index contributed by atoms with van der Waals surface area (Å²) >= 11 is 11.7. The molecule has 1 atom stereocenters. The van der Waals surface area contributed by atoms with Crippen LogP contribution in [0, 0.1) is 0 Å². The van der Waals surface area contributed by atoms with Crippen molar-refractivity contribution < 1.29 is 19.1 Å². The summed E-state index contributed by atoms with van der Waals surface area (Å²) in [5, 5.41) is 3.80. The van der Waals surface area contributed by atoms with Gasteiger partial charge in [0.15, 0.2) is 0 Å². The van der Waals surface area contributed by atoms with E-state index in [9.17, 15) is 14.4 Å². The van der Waals surface area contributed by atoms with E-state index >= 15 is 0 Å². The highest BCUT2D eigenvalue weighted by Crippen LogP contribution is 2.13. The monoisotopic (exact) mass is 485 g/mol. The number of carbonyl (C=O) groups is 3. The van der Waals surface area contributed by atoms with Gasteiger partial charge in [-0.15, -0.1) is 0 Å². The molecule has 0 fully saturated rings. The van der Waals surface area contributed by atoms with Crippen LogP contribution >= 0.6 is 23.2 Å². The molecule has 3 aromatic rings. The highest BCUT2D eigenvalue weighted by atomic mass is 35.5. The van der Waals surface area contributed by atoms with Crippen LogP contribution in [0.1, 0.15) is 33.3 Å². The van der Waals surface area contributed by atoms with E-state index in [0.29, 0.717) is 32.4 Å². The molecule has 0 aliphatic rings. The molecule has 2 aromatic carbocycles. The highest BCUT2D eigenvalue weighted by molar-refractivity contribution is 6.31. The lowest BCUT2D eigenvalue weighted by molar-refractivity contribution is -0.118. The van der Waals surface area contributed by atoms with E-state index in [-0.39, 0.29) is 24.8 Å². The van der Waals surface area contributed by atoms with Crippen molar-refractivity contribution in [3.05, 3.63) is 100 Å². The topological polar surface area (TPSA) is 90.3 Å². The minimum absolute atomic E-state index is 0.0987. The Morgan fingerprint density at radius 3 is 2.18 bits per heavy atom. The van der Waals surface area contributed by atoms with Gasteiger partial charge in [-0.1, -0.05) is 29.8 Å². The van der Waals surface area contributed by atoms with Gasteiger partial charge >= 0.3 is 5.97 Å². The SMILES string of the molecule is C=C(C)C(=O)N[C@H](COC(=O)c1ccc(Cl)cc1)Cc1cn(C(=O)c2ccc(Cl)cc2)cn1. The van der Waals surface area contributed by atoms with Gasteiger partial charge in [0.05, 0.1) is 17.3 Å². The van der Waals surface area contributed by atoms with E-state index < -0.39 is 12.0 Å². The summed E-state index contributed by atoms with van der Waals surface area (Å²) in [6.45, 7) is 5.10. The number of hydrogen-bond acceptors (Lipinski definition) is 5. The number of ether oxygens (including phenoxy) is 1. The molecular weight excluding hydrogens is 465 g/mol. The quantitative estimate of drug-likeness (QED) is 0.378. The number of carbonyl (C=O) groups excluding carboxylic acids is 3. The van der Waals surface area contributed by atoms with Gasteiger partial charge in [-0.2, -0.15) is 0 Å². The first-order valence-corrected chi connectivity index (χ1v) is 10.7. The summed E-state index contributed by atoms with van der Waals surface area (Å²) < 4.78 is 6.72. The summed E-state index contributed by atoms with van der Waals surface area (Å²) in [7, 11) is 0. The average molecular weight is 486 g/mol. The molecule has 0 saturated carbocycles. The van der Waals surface area contributed by atoms with Crippen LogP contribution in [0.5, 0.6) is 0 Å². The summed E-state index contributed by atoms with van der Waals surface area (Å²) in [4.78, 5) is 41.4. The molecule has 0 bridgehead atoms. The van der Waals surface area contributed by atoms with Crippen LogP contribution < -0.4 is 5.32 Å². The van der Waals surface area contributed by atoms with Crippen LogP contribution in [-0.4, -0.2) is 40.0 Å². The number of rotatable bonds is 8. The summed E-state index contributed by atoms with van der Waals surface area (Å²) in [5.41, 5.74) is 1.63. The van der Waals surface area contributed by atoms with E-state index in [1.54, 1.807) is 61.7 Å². The third kappa shape index (κ3) is 6.78. The molecule has 9 heteroatoms. The van der Waals surface area contributed by atoms with Crippen molar-refractivity contribution in [1.82, 2.24) is 14.9 Å². The van der Waals surface area contributed by atoms with Crippen molar-refractivity contribution in [2.45, 2.75) is 19.4 Å². The van der Waals surface area contributed by atoms with Gasteiger partial charge in [0, 0.05) is 33.8 Å². The molecule has 0 aliphatic carbocycles. The largest absolute Gasteiger partial charge is 0.460 e. The molecule has 33 heavy (non-hydrogen) atoms. The Morgan fingerprint density at radius 2 is 1.61 bits per heavy atom. The van der Waals surface area contributed by atoms with Crippen LogP contribution in [0.4, 0.5) is 0 Å². The van der Waals surface area contributed by atoms with Crippen molar-refractivity contribution >= 4 is 41.0 Å². The summed E-state index contributed by atoms with van der Waals surface area (Å²) in [6, 6.07) is 12.2. The summed E-state index contributed by atoms with van der Waals surface area (Å²) in [6.07, 6.45) is 3.19. The minimum Gasteiger partial charge on any atom is -0.460 e. The number of nitrogens with zero attached hydrogens (tertiary/aromatic N) is 2.